The molecule has 0 bridgehead atoms. The Morgan fingerprint density at radius 1 is 0.315 bits per heavy atom. The molecule has 10 aromatic rings. The van der Waals surface area contributed by atoms with Crippen molar-refractivity contribution in [1.29, 1.82) is 0 Å². The van der Waals surface area contributed by atoms with Gasteiger partial charge in [0.2, 0.25) is 0 Å². The highest BCUT2D eigenvalue weighted by Gasteiger charge is 2.22. The Balaban J connectivity index is 1.21. The first-order valence-corrected chi connectivity index (χ1v) is 18.4. The third-order valence-electron chi connectivity index (χ3n) is 10.5. The number of furan rings is 1. The Morgan fingerprint density at radius 3 is 1.76 bits per heavy atom. The van der Waals surface area contributed by atoms with Crippen molar-refractivity contribution in [3.8, 4) is 44.5 Å². The first-order valence-electron chi connectivity index (χ1n) is 18.4. The van der Waals surface area contributed by atoms with Gasteiger partial charge in [-0.05, 0) is 86.6 Å². The van der Waals surface area contributed by atoms with Gasteiger partial charge in [-0.1, -0.05) is 170 Å². The summed E-state index contributed by atoms with van der Waals surface area (Å²) in [5.41, 5.74) is 14.2. The average molecular weight is 690 g/mol. The standard InChI is InChI=1S/C52H35NO/c1-3-14-36(15-4-1)38-28-30-42(31-29-38)53(50-24-11-9-20-45(50)47-22-13-23-48-46-21-10-12-25-51(46)54-52(47)48)43-32-33-44(39-17-5-2-6-18-39)49(35-43)41-27-26-37-16-7-8-19-40(37)34-41/h1-35H. The van der Waals surface area contributed by atoms with Crippen LogP contribution in [0.1, 0.15) is 0 Å². The minimum Gasteiger partial charge on any atom is -0.455 e. The molecule has 254 valence electrons. The molecule has 0 spiro atoms. The van der Waals surface area contributed by atoms with Crippen LogP contribution >= 0.6 is 0 Å². The van der Waals surface area contributed by atoms with Crippen LogP contribution in [0.15, 0.2) is 217 Å². The van der Waals surface area contributed by atoms with Gasteiger partial charge < -0.3 is 9.32 Å². The quantitative estimate of drug-likeness (QED) is 0.166. The van der Waals surface area contributed by atoms with Gasteiger partial charge >= 0.3 is 0 Å². The first kappa shape index (κ1) is 31.6. The maximum atomic E-state index is 6.61. The van der Waals surface area contributed by atoms with Gasteiger partial charge in [0.1, 0.15) is 11.2 Å². The van der Waals surface area contributed by atoms with Crippen molar-refractivity contribution in [1.82, 2.24) is 0 Å². The molecule has 0 N–H and O–H groups in total. The van der Waals surface area contributed by atoms with Crippen LogP contribution in [0.25, 0.3) is 77.2 Å². The van der Waals surface area contributed by atoms with Crippen molar-refractivity contribution in [3.05, 3.63) is 212 Å². The molecule has 0 radical (unpaired) electrons. The van der Waals surface area contributed by atoms with E-state index in [9.17, 15) is 0 Å². The lowest BCUT2D eigenvalue weighted by molar-refractivity contribution is 0.670. The number of benzene rings is 9. The van der Waals surface area contributed by atoms with Gasteiger partial charge in [-0.2, -0.15) is 0 Å². The van der Waals surface area contributed by atoms with Crippen molar-refractivity contribution in [2.75, 3.05) is 4.90 Å². The highest BCUT2D eigenvalue weighted by Crippen LogP contribution is 2.46. The van der Waals surface area contributed by atoms with Crippen molar-refractivity contribution in [3.63, 3.8) is 0 Å². The number of hydrogen-bond acceptors (Lipinski definition) is 2. The summed E-state index contributed by atoms with van der Waals surface area (Å²) in [5.74, 6) is 0. The molecular weight excluding hydrogens is 655 g/mol. The number of rotatable bonds is 7. The van der Waals surface area contributed by atoms with E-state index in [-0.39, 0.29) is 0 Å². The summed E-state index contributed by atoms with van der Waals surface area (Å²) in [6.07, 6.45) is 0. The van der Waals surface area contributed by atoms with Gasteiger partial charge in [-0.15, -0.1) is 0 Å². The van der Waals surface area contributed by atoms with E-state index >= 15 is 0 Å². The molecule has 2 heteroatoms. The maximum Gasteiger partial charge on any atom is 0.143 e. The summed E-state index contributed by atoms with van der Waals surface area (Å²) >= 11 is 0. The molecular formula is C52H35NO. The van der Waals surface area contributed by atoms with Crippen LogP contribution in [-0.4, -0.2) is 0 Å². The number of nitrogens with zero attached hydrogens (tertiary/aromatic N) is 1. The summed E-state index contributed by atoms with van der Waals surface area (Å²) in [7, 11) is 0. The van der Waals surface area contributed by atoms with Gasteiger partial charge in [-0.25, -0.2) is 0 Å². The Kier molecular flexibility index (Phi) is 7.85. The Morgan fingerprint density at radius 2 is 0.926 bits per heavy atom. The molecule has 0 aliphatic heterocycles. The molecule has 2 nitrogen and oxygen atoms in total. The molecule has 0 unspecified atom stereocenters. The smallest absolute Gasteiger partial charge is 0.143 e. The molecule has 0 saturated heterocycles. The van der Waals surface area contributed by atoms with E-state index in [1.807, 2.05) is 12.1 Å². The zero-order valence-electron chi connectivity index (χ0n) is 29.6. The van der Waals surface area contributed by atoms with Gasteiger partial charge in [-0.3, -0.25) is 0 Å². The minimum absolute atomic E-state index is 0.891. The lowest BCUT2D eigenvalue weighted by atomic mass is 9.92. The highest BCUT2D eigenvalue weighted by molar-refractivity contribution is 6.11. The van der Waals surface area contributed by atoms with E-state index < -0.39 is 0 Å². The monoisotopic (exact) mass is 689 g/mol. The zero-order chi connectivity index (χ0) is 35.8. The van der Waals surface area contributed by atoms with E-state index in [2.05, 4.69) is 205 Å². The molecule has 10 rings (SSSR count). The number of hydrogen-bond donors (Lipinski definition) is 0. The van der Waals surface area contributed by atoms with E-state index in [1.165, 1.54) is 44.2 Å². The SMILES string of the molecule is c1ccc(-c2ccc(N(c3ccc(-c4ccccc4)c(-c4ccc5ccccc5c4)c3)c3ccccc3-c3cccc4c3oc3ccccc34)cc2)cc1. The van der Waals surface area contributed by atoms with Crippen LogP contribution in [0.5, 0.6) is 0 Å². The summed E-state index contributed by atoms with van der Waals surface area (Å²) in [5, 5.41) is 4.68. The zero-order valence-corrected chi connectivity index (χ0v) is 29.6. The van der Waals surface area contributed by atoms with Crippen molar-refractivity contribution < 1.29 is 4.42 Å². The van der Waals surface area contributed by atoms with Crippen LogP contribution in [0.3, 0.4) is 0 Å². The largest absolute Gasteiger partial charge is 0.455 e. The second-order valence-corrected chi connectivity index (χ2v) is 13.7. The summed E-state index contributed by atoms with van der Waals surface area (Å²) in [6, 6.07) is 75.9. The lowest BCUT2D eigenvalue weighted by Gasteiger charge is -2.29. The van der Waals surface area contributed by atoms with Crippen molar-refractivity contribution >= 4 is 49.8 Å². The van der Waals surface area contributed by atoms with Gasteiger partial charge in [0.05, 0.1) is 5.69 Å². The molecule has 0 aliphatic carbocycles. The Hall–Kier alpha value is -7.16. The number of fused-ring (bicyclic) bond motifs is 4. The van der Waals surface area contributed by atoms with Crippen molar-refractivity contribution in [2.24, 2.45) is 0 Å². The lowest BCUT2D eigenvalue weighted by Crippen LogP contribution is -2.11. The molecule has 0 fully saturated rings. The van der Waals surface area contributed by atoms with Gasteiger partial charge in [0.25, 0.3) is 0 Å². The second kappa shape index (κ2) is 13.4. The molecule has 1 aromatic heterocycles. The molecule has 1 heterocycles. The van der Waals surface area contributed by atoms with Crippen LogP contribution in [0, 0.1) is 0 Å². The van der Waals surface area contributed by atoms with E-state index in [1.54, 1.807) is 0 Å². The minimum atomic E-state index is 0.891. The summed E-state index contributed by atoms with van der Waals surface area (Å²) in [6.45, 7) is 0. The molecule has 0 aliphatic rings. The number of anilines is 3. The van der Waals surface area contributed by atoms with Crippen LogP contribution in [0.2, 0.25) is 0 Å². The second-order valence-electron chi connectivity index (χ2n) is 13.7. The Bertz CT molecular complexity index is 2920. The normalized spacial score (nSPS) is 11.3. The Labute approximate surface area is 314 Å². The fourth-order valence-corrected chi connectivity index (χ4v) is 7.85. The average Bonchev–Trinajstić information content (AvgIpc) is 3.64. The third kappa shape index (κ3) is 5.62. The molecule has 0 atom stereocenters. The molecule has 0 saturated carbocycles. The topological polar surface area (TPSA) is 16.4 Å². The van der Waals surface area contributed by atoms with Crippen LogP contribution in [0.4, 0.5) is 17.1 Å². The van der Waals surface area contributed by atoms with Crippen LogP contribution in [-0.2, 0) is 0 Å². The third-order valence-corrected chi connectivity index (χ3v) is 10.5. The highest BCUT2D eigenvalue weighted by atomic mass is 16.3. The fraction of sp³-hybridized carbons (Fsp3) is 0. The maximum absolute atomic E-state index is 6.61. The molecule has 54 heavy (non-hydrogen) atoms. The van der Waals surface area contributed by atoms with E-state index in [0.717, 1.165) is 50.1 Å². The van der Waals surface area contributed by atoms with Crippen molar-refractivity contribution in [2.45, 2.75) is 0 Å². The fourth-order valence-electron chi connectivity index (χ4n) is 7.85. The van der Waals surface area contributed by atoms with Gasteiger partial charge in [0.15, 0.2) is 0 Å². The first-order chi connectivity index (χ1) is 26.8. The van der Waals surface area contributed by atoms with Gasteiger partial charge in [0, 0.05) is 33.3 Å². The predicted octanol–water partition coefficient (Wildman–Crippen LogP) is 14.9. The van der Waals surface area contributed by atoms with E-state index in [0.29, 0.717) is 0 Å². The summed E-state index contributed by atoms with van der Waals surface area (Å²) < 4.78 is 6.61. The van der Waals surface area contributed by atoms with E-state index in [4.69, 9.17) is 4.42 Å². The molecule has 9 aromatic carbocycles. The number of para-hydroxylation sites is 3. The predicted molar refractivity (Wildman–Crippen MR) is 228 cm³/mol. The molecule has 0 amide bonds. The van der Waals surface area contributed by atoms with Crippen LogP contribution < -0.4 is 4.90 Å². The summed E-state index contributed by atoms with van der Waals surface area (Å²) in [4.78, 5) is 2.39.